The highest BCUT2D eigenvalue weighted by molar-refractivity contribution is 5.75. The Balaban J connectivity index is 1.84. The number of carbonyl (C=O) groups is 1. The minimum atomic E-state index is -0.754. The van der Waals surface area contributed by atoms with Crippen molar-refractivity contribution >= 4 is 17.6 Å². The normalized spacial score (nSPS) is 21.2. The fourth-order valence-corrected chi connectivity index (χ4v) is 1.76. The van der Waals surface area contributed by atoms with Crippen molar-refractivity contribution in [3.8, 4) is 0 Å². The van der Waals surface area contributed by atoms with Crippen LogP contribution in [-0.2, 0) is 4.79 Å². The molecule has 1 aliphatic carbocycles. The summed E-state index contributed by atoms with van der Waals surface area (Å²) in [5, 5.41) is 15.1. The Kier molecular flexibility index (Phi) is 4.16. The maximum Gasteiger partial charge on any atom is 0.308 e. The summed E-state index contributed by atoms with van der Waals surface area (Å²) in [5.74, 6) is 0.360. The molecule has 2 atom stereocenters. The molecule has 0 saturated heterocycles. The molecule has 1 aromatic rings. The summed E-state index contributed by atoms with van der Waals surface area (Å²) in [6, 6.07) is 1.79. The summed E-state index contributed by atoms with van der Waals surface area (Å²) in [6.45, 7) is 1.71. The Morgan fingerprint density at radius 2 is 2.21 bits per heavy atom. The molecule has 104 valence electrons. The molecule has 0 radical (unpaired) electrons. The third kappa shape index (κ3) is 4.06. The van der Waals surface area contributed by atoms with Crippen LogP contribution in [0.5, 0.6) is 0 Å². The molecule has 7 heteroatoms. The van der Waals surface area contributed by atoms with E-state index in [0.29, 0.717) is 12.2 Å². The zero-order valence-corrected chi connectivity index (χ0v) is 11.1. The fourth-order valence-electron chi connectivity index (χ4n) is 1.76. The molecule has 1 aromatic heterocycles. The SMILES string of the molecule is CN(C)CCNc1cc(NC2CC2C(=O)O)ncn1. The molecule has 1 fully saturated rings. The molecule has 2 rings (SSSR count). The summed E-state index contributed by atoms with van der Waals surface area (Å²) >= 11 is 0. The first kappa shape index (κ1) is 13.5. The van der Waals surface area contributed by atoms with E-state index >= 15 is 0 Å². The van der Waals surface area contributed by atoms with Crippen LogP contribution >= 0.6 is 0 Å². The number of rotatable bonds is 7. The standard InChI is InChI=1S/C12H19N5O2/c1-17(2)4-3-13-10-6-11(15-7-14-10)16-9-5-8(9)12(18)19/h6-9H,3-5H2,1-2H3,(H,18,19)(H2,13,14,15,16). The largest absolute Gasteiger partial charge is 0.481 e. The number of aliphatic carboxylic acids is 1. The van der Waals surface area contributed by atoms with Gasteiger partial charge in [0.2, 0.25) is 0 Å². The van der Waals surface area contributed by atoms with Gasteiger partial charge in [-0.15, -0.1) is 0 Å². The Hall–Kier alpha value is -1.89. The van der Waals surface area contributed by atoms with Crippen LogP contribution in [0.4, 0.5) is 11.6 Å². The molecular formula is C12H19N5O2. The van der Waals surface area contributed by atoms with Crippen LogP contribution in [0.2, 0.25) is 0 Å². The van der Waals surface area contributed by atoms with Crippen molar-refractivity contribution in [2.24, 2.45) is 5.92 Å². The van der Waals surface area contributed by atoms with Gasteiger partial charge in [-0.2, -0.15) is 0 Å². The van der Waals surface area contributed by atoms with E-state index in [2.05, 4.69) is 25.5 Å². The molecule has 1 heterocycles. The van der Waals surface area contributed by atoms with Crippen LogP contribution in [0.3, 0.4) is 0 Å². The maximum atomic E-state index is 10.7. The van der Waals surface area contributed by atoms with Crippen LogP contribution in [0.1, 0.15) is 6.42 Å². The fraction of sp³-hybridized carbons (Fsp3) is 0.583. The van der Waals surface area contributed by atoms with Gasteiger partial charge in [0.25, 0.3) is 0 Å². The number of hydrogen-bond acceptors (Lipinski definition) is 6. The van der Waals surface area contributed by atoms with Crippen molar-refractivity contribution in [2.75, 3.05) is 37.8 Å². The second-order valence-electron chi connectivity index (χ2n) is 4.95. The first-order valence-electron chi connectivity index (χ1n) is 6.26. The summed E-state index contributed by atoms with van der Waals surface area (Å²) in [6.07, 6.45) is 2.13. The van der Waals surface area contributed by atoms with Gasteiger partial charge in [-0.05, 0) is 20.5 Å². The second-order valence-corrected chi connectivity index (χ2v) is 4.95. The molecule has 1 saturated carbocycles. The van der Waals surface area contributed by atoms with Crippen molar-refractivity contribution in [2.45, 2.75) is 12.5 Å². The Morgan fingerprint density at radius 3 is 2.84 bits per heavy atom. The minimum Gasteiger partial charge on any atom is -0.481 e. The lowest BCUT2D eigenvalue weighted by Crippen LogP contribution is -2.21. The van der Waals surface area contributed by atoms with E-state index in [1.807, 2.05) is 14.1 Å². The van der Waals surface area contributed by atoms with E-state index in [-0.39, 0.29) is 12.0 Å². The molecule has 0 aromatic carbocycles. The lowest BCUT2D eigenvalue weighted by Gasteiger charge is -2.11. The van der Waals surface area contributed by atoms with E-state index in [1.165, 1.54) is 6.33 Å². The Labute approximate surface area is 112 Å². The minimum absolute atomic E-state index is 0.0120. The molecule has 0 spiro atoms. The van der Waals surface area contributed by atoms with Gasteiger partial charge in [0.15, 0.2) is 0 Å². The Bertz CT molecular complexity index is 452. The number of anilines is 2. The average molecular weight is 265 g/mol. The maximum absolute atomic E-state index is 10.7. The predicted octanol–water partition coefficient (Wildman–Crippen LogP) is 0.335. The zero-order valence-electron chi connectivity index (χ0n) is 11.1. The molecule has 3 N–H and O–H groups in total. The van der Waals surface area contributed by atoms with Crippen LogP contribution in [0.15, 0.2) is 12.4 Å². The number of likely N-dealkylation sites (N-methyl/N-ethyl adjacent to an activating group) is 1. The first-order valence-corrected chi connectivity index (χ1v) is 6.26. The summed E-state index contributed by atoms with van der Waals surface area (Å²) in [7, 11) is 4.02. The highest BCUT2D eigenvalue weighted by Crippen LogP contribution is 2.33. The number of hydrogen-bond donors (Lipinski definition) is 3. The molecule has 0 bridgehead atoms. The summed E-state index contributed by atoms with van der Waals surface area (Å²) < 4.78 is 0. The lowest BCUT2D eigenvalue weighted by atomic mass is 10.4. The van der Waals surface area contributed by atoms with Gasteiger partial charge in [0, 0.05) is 25.2 Å². The van der Waals surface area contributed by atoms with Gasteiger partial charge >= 0.3 is 5.97 Å². The number of carboxylic acid groups (broad SMARTS) is 1. The molecule has 7 nitrogen and oxygen atoms in total. The molecule has 1 aliphatic rings. The van der Waals surface area contributed by atoms with Crippen LogP contribution in [0.25, 0.3) is 0 Å². The summed E-state index contributed by atoms with van der Waals surface area (Å²) in [5.41, 5.74) is 0. The van der Waals surface area contributed by atoms with Gasteiger partial charge in [-0.25, -0.2) is 9.97 Å². The van der Waals surface area contributed by atoms with Crippen molar-refractivity contribution in [3.63, 3.8) is 0 Å². The number of carboxylic acids is 1. The van der Waals surface area contributed by atoms with E-state index in [4.69, 9.17) is 5.11 Å². The van der Waals surface area contributed by atoms with Crippen LogP contribution in [-0.4, -0.2) is 59.2 Å². The van der Waals surface area contributed by atoms with Gasteiger partial charge < -0.3 is 20.6 Å². The monoisotopic (exact) mass is 265 g/mol. The summed E-state index contributed by atoms with van der Waals surface area (Å²) in [4.78, 5) is 21.0. The highest BCUT2D eigenvalue weighted by atomic mass is 16.4. The van der Waals surface area contributed by atoms with Crippen molar-refractivity contribution in [1.29, 1.82) is 0 Å². The van der Waals surface area contributed by atoms with Gasteiger partial charge in [0.05, 0.1) is 5.92 Å². The number of aromatic nitrogens is 2. The van der Waals surface area contributed by atoms with Crippen LogP contribution < -0.4 is 10.6 Å². The van der Waals surface area contributed by atoms with Crippen LogP contribution in [0, 0.1) is 5.92 Å². The second kappa shape index (κ2) is 5.83. The molecular weight excluding hydrogens is 246 g/mol. The highest BCUT2D eigenvalue weighted by Gasteiger charge is 2.43. The van der Waals surface area contributed by atoms with E-state index in [1.54, 1.807) is 6.07 Å². The van der Waals surface area contributed by atoms with Crippen molar-refractivity contribution < 1.29 is 9.90 Å². The molecule has 19 heavy (non-hydrogen) atoms. The first-order chi connectivity index (χ1) is 9.06. The zero-order chi connectivity index (χ0) is 13.8. The number of nitrogens with one attached hydrogen (secondary N) is 2. The third-order valence-corrected chi connectivity index (χ3v) is 2.97. The topological polar surface area (TPSA) is 90.4 Å². The molecule has 2 unspecified atom stereocenters. The van der Waals surface area contributed by atoms with Crippen molar-refractivity contribution in [3.05, 3.63) is 12.4 Å². The average Bonchev–Trinajstić information content (AvgIpc) is 3.08. The predicted molar refractivity (Wildman–Crippen MR) is 72.2 cm³/mol. The van der Waals surface area contributed by atoms with Gasteiger partial charge in [-0.1, -0.05) is 0 Å². The third-order valence-electron chi connectivity index (χ3n) is 2.97. The van der Waals surface area contributed by atoms with Crippen molar-refractivity contribution in [1.82, 2.24) is 14.9 Å². The van der Waals surface area contributed by atoms with E-state index < -0.39 is 5.97 Å². The smallest absolute Gasteiger partial charge is 0.308 e. The van der Waals surface area contributed by atoms with E-state index in [9.17, 15) is 4.79 Å². The van der Waals surface area contributed by atoms with Gasteiger partial charge in [0.1, 0.15) is 18.0 Å². The lowest BCUT2D eigenvalue weighted by molar-refractivity contribution is -0.138. The Morgan fingerprint density at radius 1 is 1.47 bits per heavy atom. The number of nitrogens with zero attached hydrogens (tertiary/aromatic N) is 3. The molecule has 0 amide bonds. The molecule has 0 aliphatic heterocycles. The van der Waals surface area contributed by atoms with E-state index in [0.717, 1.165) is 18.9 Å². The quantitative estimate of drug-likeness (QED) is 0.654. The van der Waals surface area contributed by atoms with Gasteiger partial charge in [-0.3, -0.25) is 4.79 Å².